The first-order valence-electron chi connectivity index (χ1n) is 7.30. The molecule has 0 aliphatic carbocycles. The Bertz CT molecular complexity index is 779. The number of alkyl halides is 3. The van der Waals surface area contributed by atoms with E-state index in [0.717, 1.165) is 0 Å². The topological polar surface area (TPSA) is 21.6 Å². The lowest BCUT2D eigenvalue weighted by molar-refractivity contribution is -0.275. The standard InChI is InChI=1S/C18H14ClF3NO/c1-11-7-12(2)9-14(8-11)17(18(20,21)22)10-16(23-24-17)13-3-5-15(19)6-4-13/h3-6,8-9H,10H2,1-2H3. The van der Waals surface area contributed by atoms with Gasteiger partial charge in [0.2, 0.25) is 0 Å². The molecule has 1 aliphatic rings. The molecule has 0 fully saturated rings. The highest BCUT2D eigenvalue weighted by molar-refractivity contribution is 6.30. The molecule has 2 nitrogen and oxygen atoms in total. The predicted molar refractivity (Wildman–Crippen MR) is 86.2 cm³/mol. The molecule has 3 rings (SSSR count). The highest BCUT2D eigenvalue weighted by atomic mass is 35.5. The number of aryl methyl sites for hydroxylation is 2. The van der Waals surface area contributed by atoms with Gasteiger partial charge in [-0.3, -0.25) is 0 Å². The second-order valence-corrected chi connectivity index (χ2v) is 6.31. The largest absolute Gasteiger partial charge is 0.435 e. The van der Waals surface area contributed by atoms with Crippen molar-refractivity contribution in [2.75, 3.05) is 0 Å². The predicted octanol–water partition coefficient (Wildman–Crippen LogP) is 5.34. The van der Waals surface area contributed by atoms with Crippen LogP contribution in [0.4, 0.5) is 13.2 Å². The first kappa shape index (κ1) is 16.8. The monoisotopic (exact) mass is 352 g/mol. The van der Waals surface area contributed by atoms with Crippen molar-refractivity contribution in [3.8, 4) is 0 Å². The fourth-order valence-corrected chi connectivity index (χ4v) is 2.95. The van der Waals surface area contributed by atoms with Crippen molar-refractivity contribution in [2.45, 2.75) is 32.0 Å². The first-order valence-corrected chi connectivity index (χ1v) is 7.68. The molecule has 0 amide bonds. The summed E-state index contributed by atoms with van der Waals surface area (Å²) in [4.78, 5) is 5.01. The molecule has 1 atom stereocenters. The van der Waals surface area contributed by atoms with Gasteiger partial charge in [0.1, 0.15) is 0 Å². The highest BCUT2D eigenvalue weighted by Crippen LogP contribution is 2.49. The van der Waals surface area contributed by atoms with Crippen LogP contribution in [0.2, 0.25) is 5.02 Å². The van der Waals surface area contributed by atoms with Gasteiger partial charge >= 0.3 is 6.18 Å². The van der Waals surface area contributed by atoms with E-state index in [-0.39, 0.29) is 17.7 Å². The van der Waals surface area contributed by atoms with Gasteiger partial charge in [0.15, 0.2) is 0 Å². The normalized spacial score (nSPS) is 20.7. The Balaban J connectivity index is 2.03. The quantitative estimate of drug-likeness (QED) is 0.715. The van der Waals surface area contributed by atoms with Crippen LogP contribution in [0.1, 0.15) is 28.7 Å². The summed E-state index contributed by atoms with van der Waals surface area (Å²) in [6.45, 7) is 3.41. The molecule has 0 spiro atoms. The average Bonchev–Trinajstić information content (AvgIpc) is 2.93. The maximum absolute atomic E-state index is 13.9. The first-order chi connectivity index (χ1) is 11.2. The highest BCUT2D eigenvalue weighted by Gasteiger charge is 2.62. The molecule has 1 aliphatic heterocycles. The van der Waals surface area contributed by atoms with Crippen molar-refractivity contribution in [1.82, 2.24) is 0 Å². The maximum atomic E-state index is 13.9. The van der Waals surface area contributed by atoms with E-state index < -0.39 is 11.8 Å². The summed E-state index contributed by atoms with van der Waals surface area (Å²) in [6, 6.07) is 12.3. The van der Waals surface area contributed by atoms with Crippen molar-refractivity contribution >= 4 is 17.3 Å². The summed E-state index contributed by atoms with van der Waals surface area (Å²) in [6.07, 6.45) is -4.99. The summed E-state index contributed by atoms with van der Waals surface area (Å²) in [7, 11) is 0. The molecule has 0 bridgehead atoms. The lowest BCUT2D eigenvalue weighted by Gasteiger charge is -2.30. The van der Waals surface area contributed by atoms with E-state index in [1.807, 2.05) is 0 Å². The van der Waals surface area contributed by atoms with Gasteiger partial charge in [0, 0.05) is 17.0 Å². The fraction of sp³-hybridized carbons (Fsp3) is 0.278. The van der Waals surface area contributed by atoms with E-state index in [2.05, 4.69) is 11.2 Å². The van der Waals surface area contributed by atoms with Gasteiger partial charge in [-0.2, -0.15) is 13.2 Å². The summed E-state index contributed by atoms with van der Waals surface area (Å²) >= 11 is 5.82. The number of hydrogen-bond acceptors (Lipinski definition) is 2. The Labute approximate surface area is 142 Å². The molecule has 0 saturated carbocycles. The summed E-state index contributed by atoms with van der Waals surface area (Å²) in [5.41, 5.74) is -0.397. The van der Waals surface area contributed by atoms with Crippen LogP contribution in [0.5, 0.6) is 0 Å². The molecule has 24 heavy (non-hydrogen) atoms. The van der Waals surface area contributed by atoms with Crippen molar-refractivity contribution in [3.63, 3.8) is 0 Å². The van der Waals surface area contributed by atoms with Crippen LogP contribution in [0.3, 0.4) is 0 Å². The van der Waals surface area contributed by atoms with Crippen LogP contribution in [-0.2, 0) is 10.4 Å². The average molecular weight is 353 g/mol. The molecule has 1 unspecified atom stereocenters. The molecule has 0 saturated heterocycles. The van der Waals surface area contributed by atoms with Crippen LogP contribution < -0.4 is 0 Å². The molecule has 125 valence electrons. The Kier molecular flexibility index (Phi) is 4.08. The van der Waals surface area contributed by atoms with Crippen molar-refractivity contribution in [3.05, 3.63) is 69.7 Å². The van der Waals surface area contributed by atoms with Gasteiger partial charge in [-0.05, 0) is 48.7 Å². The third-order valence-corrected chi connectivity index (χ3v) is 4.22. The minimum absolute atomic E-state index is 0.0384. The number of oxime groups is 1. The van der Waals surface area contributed by atoms with Gasteiger partial charge in [-0.1, -0.05) is 41.0 Å². The van der Waals surface area contributed by atoms with Crippen LogP contribution in [0, 0.1) is 19.9 Å². The van der Waals surface area contributed by atoms with Gasteiger partial charge in [0.25, 0.3) is 5.60 Å². The van der Waals surface area contributed by atoms with E-state index in [9.17, 15) is 13.2 Å². The van der Waals surface area contributed by atoms with E-state index in [1.54, 1.807) is 38.1 Å². The molecule has 6 heteroatoms. The zero-order valence-electron chi connectivity index (χ0n) is 13.0. The number of halogens is 4. The van der Waals surface area contributed by atoms with Crippen LogP contribution in [0.25, 0.3) is 0 Å². The van der Waals surface area contributed by atoms with Gasteiger partial charge in [-0.25, -0.2) is 0 Å². The van der Waals surface area contributed by atoms with E-state index in [4.69, 9.17) is 16.4 Å². The number of nitrogens with zero attached hydrogens (tertiary/aromatic N) is 1. The molecule has 0 N–H and O–H groups in total. The Hall–Kier alpha value is -2.01. The van der Waals surface area contributed by atoms with Crippen molar-refractivity contribution in [1.29, 1.82) is 0 Å². The van der Waals surface area contributed by atoms with E-state index >= 15 is 0 Å². The molecular weight excluding hydrogens is 339 g/mol. The zero-order valence-corrected chi connectivity index (χ0v) is 13.8. The molecule has 2 aromatic carbocycles. The third kappa shape index (κ3) is 2.88. The van der Waals surface area contributed by atoms with E-state index in [0.29, 0.717) is 21.7 Å². The lowest BCUT2D eigenvalue weighted by Crippen LogP contribution is -2.42. The lowest BCUT2D eigenvalue weighted by atomic mass is 9.85. The fourth-order valence-electron chi connectivity index (χ4n) is 2.83. The minimum Gasteiger partial charge on any atom is -0.374 e. The molecule has 1 radical (unpaired) electrons. The summed E-state index contributed by atoms with van der Waals surface area (Å²) < 4.78 is 41.7. The second-order valence-electron chi connectivity index (χ2n) is 5.87. The Morgan fingerprint density at radius 2 is 1.71 bits per heavy atom. The van der Waals surface area contributed by atoms with Crippen LogP contribution in [0.15, 0.2) is 41.6 Å². The SMILES string of the molecule is Cc1[c]c(C)cc(C2(C(F)(F)F)CC(c3ccc(Cl)cc3)=NO2)c1. The zero-order chi connectivity index (χ0) is 17.5. The minimum atomic E-state index is -4.61. The van der Waals surface area contributed by atoms with Gasteiger partial charge < -0.3 is 4.84 Å². The molecule has 2 aromatic rings. The van der Waals surface area contributed by atoms with E-state index in [1.165, 1.54) is 12.1 Å². The maximum Gasteiger partial charge on any atom is 0.435 e. The second kappa shape index (κ2) is 5.81. The Morgan fingerprint density at radius 3 is 2.25 bits per heavy atom. The molecule has 0 aromatic heterocycles. The van der Waals surface area contributed by atoms with Gasteiger partial charge in [0.05, 0.1) is 5.71 Å². The van der Waals surface area contributed by atoms with Crippen molar-refractivity contribution in [2.24, 2.45) is 5.16 Å². The number of hydrogen-bond donors (Lipinski definition) is 0. The molecular formula is C18H14ClF3NO. The number of rotatable bonds is 2. The number of benzene rings is 2. The van der Waals surface area contributed by atoms with Crippen molar-refractivity contribution < 1.29 is 18.0 Å². The summed E-state index contributed by atoms with van der Waals surface area (Å²) in [5, 5.41) is 4.24. The van der Waals surface area contributed by atoms with Crippen LogP contribution >= 0.6 is 11.6 Å². The van der Waals surface area contributed by atoms with Gasteiger partial charge in [-0.15, -0.1) is 0 Å². The smallest absolute Gasteiger partial charge is 0.374 e. The Morgan fingerprint density at radius 1 is 1.12 bits per heavy atom. The van der Waals surface area contributed by atoms with Crippen LogP contribution in [-0.4, -0.2) is 11.9 Å². The summed E-state index contributed by atoms with van der Waals surface area (Å²) in [5.74, 6) is 0. The molecule has 1 heterocycles. The third-order valence-electron chi connectivity index (χ3n) is 3.97.